The van der Waals surface area contributed by atoms with Gasteiger partial charge in [0.25, 0.3) is 0 Å². The van der Waals surface area contributed by atoms with E-state index in [1.54, 1.807) is 13.2 Å². The maximum Gasteiger partial charge on any atom is 0.392 e. The molecule has 0 aromatic heterocycles. The molecule has 0 aliphatic rings. The Balaban J connectivity index is 2.70. The van der Waals surface area contributed by atoms with Crippen molar-refractivity contribution in [3.8, 4) is 5.75 Å². The number of nitrogens with one attached hydrogen (secondary N) is 1. The highest BCUT2D eigenvalue weighted by molar-refractivity contribution is 6.35. The second-order valence-electron chi connectivity index (χ2n) is 4.26. The zero-order chi connectivity index (χ0) is 15.9. The van der Waals surface area contributed by atoms with Gasteiger partial charge in [-0.05, 0) is 12.1 Å². The molecule has 0 aliphatic heterocycles. The standard InChI is InChI=1S/C13H16Cl2F3NO2/c1-20-5-3-19-8-9-6-10(14)7-11(15)12(9)21-4-2-13(16,17)18/h6-7,19H,2-5,8H2,1H3. The summed E-state index contributed by atoms with van der Waals surface area (Å²) in [5, 5.41) is 3.64. The SMILES string of the molecule is COCCNCc1cc(Cl)cc(Cl)c1OCCC(F)(F)F. The van der Waals surface area contributed by atoms with E-state index in [2.05, 4.69) is 5.32 Å². The fourth-order valence-electron chi connectivity index (χ4n) is 1.57. The molecule has 8 heteroatoms. The molecule has 1 N–H and O–H groups in total. The summed E-state index contributed by atoms with van der Waals surface area (Å²) in [7, 11) is 1.57. The minimum Gasteiger partial charge on any atom is -0.491 e. The number of halogens is 5. The van der Waals surface area contributed by atoms with Crippen molar-refractivity contribution < 1.29 is 22.6 Å². The number of hydrogen-bond donors (Lipinski definition) is 1. The minimum absolute atomic E-state index is 0.188. The largest absolute Gasteiger partial charge is 0.491 e. The average Bonchev–Trinajstić information content (AvgIpc) is 2.36. The number of ether oxygens (including phenoxy) is 2. The number of benzene rings is 1. The molecule has 0 fully saturated rings. The van der Waals surface area contributed by atoms with Crippen LogP contribution in [0.4, 0.5) is 13.2 Å². The second kappa shape index (κ2) is 8.68. The Labute approximate surface area is 131 Å². The Morgan fingerprint density at radius 3 is 2.52 bits per heavy atom. The van der Waals surface area contributed by atoms with Crippen molar-refractivity contribution in [1.29, 1.82) is 0 Å². The van der Waals surface area contributed by atoms with Gasteiger partial charge in [-0.15, -0.1) is 0 Å². The van der Waals surface area contributed by atoms with Gasteiger partial charge in [0.2, 0.25) is 0 Å². The Hall–Kier alpha value is -0.690. The van der Waals surface area contributed by atoms with E-state index in [0.717, 1.165) is 0 Å². The third-order valence-corrected chi connectivity index (χ3v) is 3.01. The monoisotopic (exact) mass is 345 g/mol. The molecule has 0 spiro atoms. The molecule has 1 aromatic carbocycles. The van der Waals surface area contributed by atoms with Crippen LogP contribution in [0.1, 0.15) is 12.0 Å². The van der Waals surface area contributed by atoms with Gasteiger partial charge in [-0.25, -0.2) is 0 Å². The molecular weight excluding hydrogens is 330 g/mol. The molecule has 0 heterocycles. The third-order valence-electron chi connectivity index (χ3n) is 2.52. The first-order valence-corrected chi connectivity index (χ1v) is 6.96. The summed E-state index contributed by atoms with van der Waals surface area (Å²) < 4.78 is 46.5. The fourth-order valence-corrected chi connectivity index (χ4v) is 2.16. The molecule has 1 rings (SSSR count). The maximum absolute atomic E-state index is 12.2. The van der Waals surface area contributed by atoms with Gasteiger partial charge in [-0.3, -0.25) is 0 Å². The van der Waals surface area contributed by atoms with Crippen molar-refractivity contribution in [3.05, 3.63) is 27.7 Å². The Morgan fingerprint density at radius 2 is 1.90 bits per heavy atom. The van der Waals surface area contributed by atoms with Crippen LogP contribution in [0.25, 0.3) is 0 Å². The van der Waals surface area contributed by atoms with Crippen LogP contribution in [0.3, 0.4) is 0 Å². The quantitative estimate of drug-likeness (QED) is 0.720. The molecule has 0 unspecified atom stereocenters. The van der Waals surface area contributed by atoms with E-state index >= 15 is 0 Å². The molecule has 21 heavy (non-hydrogen) atoms. The summed E-state index contributed by atoms with van der Waals surface area (Å²) in [5.74, 6) is 0.218. The van der Waals surface area contributed by atoms with E-state index in [-0.39, 0.29) is 10.8 Å². The summed E-state index contributed by atoms with van der Waals surface area (Å²) in [6.45, 7) is 0.974. The predicted octanol–water partition coefficient (Wildman–Crippen LogP) is 4.06. The number of rotatable bonds is 8. The normalized spacial score (nSPS) is 11.7. The zero-order valence-electron chi connectivity index (χ0n) is 11.4. The summed E-state index contributed by atoms with van der Waals surface area (Å²) >= 11 is 11.9. The lowest BCUT2D eigenvalue weighted by atomic mass is 10.2. The van der Waals surface area contributed by atoms with Gasteiger partial charge in [-0.2, -0.15) is 13.2 Å². The lowest BCUT2D eigenvalue weighted by Gasteiger charge is -2.15. The lowest BCUT2D eigenvalue weighted by Crippen LogP contribution is -2.19. The van der Waals surface area contributed by atoms with Crippen LogP contribution < -0.4 is 10.1 Å². The molecule has 0 saturated heterocycles. The highest BCUT2D eigenvalue weighted by Gasteiger charge is 2.27. The molecular formula is C13H16Cl2F3NO2. The van der Waals surface area contributed by atoms with Gasteiger partial charge < -0.3 is 14.8 Å². The van der Waals surface area contributed by atoms with Crippen LogP contribution >= 0.6 is 23.2 Å². The molecule has 1 aromatic rings. The van der Waals surface area contributed by atoms with Crippen LogP contribution in [-0.4, -0.2) is 33.0 Å². The van der Waals surface area contributed by atoms with E-state index in [1.165, 1.54) is 6.07 Å². The molecule has 0 radical (unpaired) electrons. The van der Waals surface area contributed by atoms with Crippen LogP contribution in [0, 0.1) is 0 Å². The minimum atomic E-state index is -4.27. The Morgan fingerprint density at radius 1 is 1.19 bits per heavy atom. The van der Waals surface area contributed by atoms with Crippen molar-refractivity contribution in [3.63, 3.8) is 0 Å². The lowest BCUT2D eigenvalue weighted by molar-refractivity contribution is -0.139. The van der Waals surface area contributed by atoms with Gasteiger partial charge in [0.1, 0.15) is 5.75 Å². The smallest absolute Gasteiger partial charge is 0.392 e. The van der Waals surface area contributed by atoms with Gasteiger partial charge in [0.15, 0.2) is 0 Å². The molecule has 0 atom stereocenters. The Bertz CT molecular complexity index is 456. The molecule has 0 aliphatic carbocycles. The summed E-state index contributed by atoms with van der Waals surface area (Å²) in [6, 6.07) is 3.04. The number of alkyl halides is 3. The molecule has 3 nitrogen and oxygen atoms in total. The fraction of sp³-hybridized carbons (Fsp3) is 0.538. The number of methoxy groups -OCH3 is 1. The number of hydrogen-bond acceptors (Lipinski definition) is 3. The van der Waals surface area contributed by atoms with Crippen molar-refractivity contribution in [2.75, 3.05) is 26.9 Å². The zero-order valence-corrected chi connectivity index (χ0v) is 12.9. The third kappa shape index (κ3) is 7.22. The maximum atomic E-state index is 12.2. The highest BCUT2D eigenvalue weighted by Crippen LogP contribution is 2.33. The molecule has 0 bridgehead atoms. The van der Waals surface area contributed by atoms with Gasteiger partial charge >= 0.3 is 6.18 Å². The van der Waals surface area contributed by atoms with E-state index < -0.39 is 19.2 Å². The van der Waals surface area contributed by atoms with Gasteiger partial charge in [0.05, 0.1) is 24.7 Å². The second-order valence-corrected chi connectivity index (χ2v) is 5.10. The van der Waals surface area contributed by atoms with E-state index in [4.69, 9.17) is 32.7 Å². The average molecular weight is 346 g/mol. The van der Waals surface area contributed by atoms with Crippen LogP contribution in [0.15, 0.2) is 12.1 Å². The summed E-state index contributed by atoms with van der Waals surface area (Å²) in [5.41, 5.74) is 0.603. The van der Waals surface area contributed by atoms with Gasteiger partial charge in [-0.1, -0.05) is 23.2 Å². The summed E-state index contributed by atoms with van der Waals surface area (Å²) in [6.07, 6.45) is -5.31. The van der Waals surface area contributed by atoms with Crippen molar-refractivity contribution >= 4 is 23.2 Å². The van der Waals surface area contributed by atoms with Crippen molar-refractivity contribution in [2.45, 2.75) is 19.1 Å². The predicted molar refractivity (Wildman–Crippen MR) is 76.2 cm³/mol. The summed E-state index contributed by atoms with van der Waals surface area (Å²) in [4.78, 5) is 0. The molecule has 0 amide bonds. The first-order chi connectivity index (χ1) is 9.83. The van der Waals surface area contributed by atoms with Crippen LogP contribution in [0.5, 0.6) is 5.75 Å². The van der Waals surface area contributed by atoms with Crippen molar-refractivity contribution in [2.24, 2.45) is 0 Å². The Kier molecular flexibility index (Phi) is 7.59. The molecule has 0 saturated carbocycles. The van der Waals surface area contributed by atoms with E-state index in [1.807, 2.05) is 0 Å². The van der Waals surface area contributed by atoms with Crippen LogP contribution in [0.2, 0.25) is 10.0 Å². The van der Waals surface area contributed by atoms with Gasteiger partial charge in [0, 0.05) is 30.8 Å². The van der Waals surface area contributed by atoms with Crippen LogP contribution in [-0.2, 0) is 11.3 Å². The first kappa shape index (κ1) is 18.4. The van der Waals surface area contributed by atoms with Crippen molar-refractivity contribution in [1.82, 2.24) is 5.32 Å². The van der Waals surface area contributed by atoms with E-state index in [0.29, 0.717) is 30.3 Å². The first-order valence-electron chi connectivity index (χ1n) is 6.20. The van der Waals surface area contributed by atoms with E-state index in [9.17, 15) is 13.2 Å². The molecule has 120 valence electrons. The highest BCUT2D eigenvalue weighted by atomic mass is 35.5. The topological polar surface area (TPSA) is 30.5 Å².